The van der Waals surface area contributed by atoms with Crippen LogP contribution in [0.5, 0.6) is 11.5 Å². The van der Waals surface area contributed by atoms with E-state index in [1.807, 2.05) is 49.4 Å². The number of nitriles is 1. The third-order valence-electron chi connectivity index (χ3n) is 2.81. The first-order valence-electron chi connectivity index (χ1n) is 7.04. The first-order valence-corrected chi connectivity index (χ1v) is 7.83. The van der Waals surface area contributed by atoms with Crippen LogP contribution in [0.3, 0.4) is 0 Å². The van der Waals surface area contributed by atoms with Crippen molar-refractivity contribution in [2.24, 2.45) is 5.10 Å². The Balaban J connectivity index is 2.06. The number of hydrogen-bond donors (Lipinski definition) is 1. The van der Waals surface area contributed by atoms with Gasteiger partial charge in [0, 0.05) is 4.47 Å². The Hall–Kier alpha value is -2.52. The molecule has 0 saturated heterocycles. The average Bonchev–Trinajstić information content (AvgIpc) is 2.56. The summed E-state index contributed by atoms with van der Waals surface area (Å²) in [5.74, 6) is 1.14. The van der Waals surface area contributed by atoms with E-state index in [-0.39, 0.29) is 6.61 Å². The predicted molar refractivity (Wildman–Crippen MR) is 94.1 cm³/mol. The van der Waals surface area contributed by atoms with Crippen molar-refractivity contribution in [1.29, 1.82) is 5.26 Å². The normalized spacial score (nSPS) is 10.3. The van der Waals surface area contributed by atoms with Gasteiger partial charge in [-0.25, -0.2) is 0 Å². The molecule has 0 spiro atoms. The van der Waals surface area contributed by atoms with Gasteiger partial charge in [0.25, 0.3) is 0 Å². The zero-order valence-electron chi connectivity index (χ0n) is 12.6. The second-order valence-corrected chi connectivity index (χ2v) is 5.38. The number of halogens is 1. The molecule has 0 radical (unpaired) electrons. The molecule has 1 N–H and O–H groups in total. The van der Waals surface area contributed by atoms with Crippen LogP contribution in [0.25, 0.3) is 0 Å². The molecule has 6 heteroatoms. The van der Waals surface area contributed by atoms with Crippen molar-refractivity contribution in [2.75, 3.05) is 18.6 Å². The highest BCUT2D eigenvalue weighted by Gasteiger charge is 2.05. The Bertz CT molecular complexity index is 709. The number of nitrogens with one attached hydrogen (secondary N) is 1. The van der Waals surface area contributed by atoms with Gasteiger partial charge in [-0.15, -0.1) is 0 Å². The lowest BCUT2D eigenvalue weighted by Crippen LogP contribution is -2.00. The van der Waals surface area contributed by atoms with Gasteiger partial charge in [-0.1, -0.05) is 15.9 Å². The summed E-state index contributed by atoms with van der Waals surface area (Å²) >= 11 is 3.39. The van der Waals surface area contributed by atoms with Gasteiger partial charge in [-0.05, 0) is 55.0 Å². The number of rotatable bonds is 7. The van der Waals surface area contributed by atoms with Crippen LogP contribution in [-0.2, 0) is 0 Å². The number of hydrogen-bond acceptors (Lipinski definition) is 5. The quantitative estimate of drug-likeness (QED) is 0.583. The minimum absolute atomic E-state index is 0.0152. The molecule has 23 heavy (non-hydrogen) atoms. The van der Waals surface area contributed by atoms with Crippen molar-refractivity contribution in [3.05, 3.63) is 52.5 Å². The van der Waals surface area contributed by atoms with E-state index in [1.54, 1.807) is 12.3 Å². The standard InChI is InChI=1S/C17H16BrN3O2/c1-2-22-17-11-13(3-8-16(17)23-10-9-19)12-20-21-15-6-4-14(18)5-7-15/h3-8,11-12,21H,2,10H2,1H3/b20-12-. The van der Waals surface area contributed by atoms with Crippen LogP contribution < -0.4 is 14.9 Å². The zero-order chi connectivity index (χ0) is 16.5. The van der Waals surface area contributed by atoms with Crippen LogP contribution in [0.1, 0.15) is 12.5 Å². The van der Waals surface area contributed by atoms with E-state index in [4.69, 9.17) is 14.7 Å². The minimum Gasteiger partial charge on any atom is -0.490 e. The van der Waals surface area contributed by atoms with Crippen LogP contribution in [0.15, 0.2) is 52.0 Å². The molecule has 0 aliphatic heterocycles. The molecule has 118 valence electrons. The summed E-state index contributed by atoms with van der Waals surface area (Å²) in [5, 5.41) is 12.8. The molecule has 0 heterocycles. The predicted octanol–water partition coefficient (Wildman–Crippen LogP) is 4.20. The third-order valence-corrected chi connectivity index (χ3v) is 3.34. The Morgan fingerprint density at radius 3 is 2.65 bits per heavy atom. The molecule has 0 atom stereocenters. The highest BCUT2D eigenvalue weighted by Crippen LogP contribution is 2.28. The van der Waals surface area contributed by atoms with E-state index in [0.29, 0.717) is 18.1 Å². The lowest BCUT2D eigenvalue weighted by Gasteiger charge is -2.10. The largest absolute Gasteiger partial charge is 0.490 e. The molecule has 5 nitrogen and oxygen atoms in total. The van der Waals surface area contributed by atoms with E-state index in [2.05, 4.69) is 26.5 Å². The number of anilines is 1. The number of ether oxygens (including phenoxy) is 2. The molecule has 2 aromatic rings. The van der Waals surface area contributed by atoms with Gasteiger partial charge in [0.15, 0.2) is 18.1 Å². The molecule has 2 rings (SSSR count). The molecule has 0 aromatic heterocycles. The summed E-state index contributed by atoms with van der Waals surface area (Å²) in [6, 6.07) is 15.1. The summed E-state index contributed by atoms with van der Waals surface area (Å²) in [5.41, 5.74) is 4.71. The topological polar surface area (TPSA) is 66.6 Å². The van der Waals surface area contributed by atoms with Crippen molar-refractivity contribution < 1.29 is 9.47 Å². The smallest absolute Gasteiger partial charge is 0.174 e. The summed E-state index contributed by atoms with van der Waals surface area (Å²) in [7, 11) is 0. The second-order valence-electron chi connectivity index (χ2n) is 4.46. The van der Waals surface area contributed by atoms with E-state index in [1.165, 1.54) is 0 Å². The fraction of sp³-hybridized carbons (Fsp3) is 0.176. The van der Waals surface area contributed by atoms with Crippen molar-refractivity contribution >= 4 is 27.8 Å². The van der Waals surface area contributed by atoms with Gasteiger partial charge in [-0.2, -0.15) is 10.4 Å². The fourth-order valence-electron chi connectivity index (χ4n) is 1.81. The molecule has 2 aromatic carbocycles. The molecule has 0 bridgehead atoms. The Morgan fingerprint density at radius 1 is 1.17 bits per heavy atom. The second kappa shape index (κ2) is 8.81. The molecule has 0 fully saturated rings. The van der Waals surface area contributed by atoms with Crippen molar-refractivity contribution in [3.8, 4) is 17.6 Å². The van der Waals surface area contributed by atoms with Crippen molar-refractivity contribution in [3.63, 3.8) is 0 Å². The molecule has 0 amide bonds. The van der Waals surface area contributed by atoms with Crippen LogP contribution in [0, 0.1) is 11.3 Å². The first-order chi connectivity index (χ1) is 11.2. The molecular formula is C17H16BrN3O2. The number of nitrogens with zero attached hydrogens (tertiary/aromatic N) is 2. The Labute approximate surface area is 143 Å². The summed E-state index contributed by atoms with van der Waals surface area (Å²) in [6.07, 6.45) is 1.69. The van der Waals surface area contributed by atoms with Gasteiger partial charge in [0.1, 0.15) is 6.07 Å². The zero-order valence-corrected chi connectivity index (χ0v) is 14.2. The third kappa shape index (κ3) is 5.31. The fourth-order valence-corrected chi connectivity index (χ4v) is 2.07. The molecular weight excluding hydrogens is 358 g/mol. The van der Waals surface area contributed by atoms with Crippen LogP contribution in [0.4, 0.5) is 5.69 Å². The number of benzene rings is 2. The van der Waals surface area contributed by atoms with Gasteiger partial charge < -0.3 is 9.47 Å². The lowest BCUT2D eigenvalue weighted by molar-refractivity contribution is 0.298. The van der Waals surface area contributed by atoms with Crippen molar-refractivity contribution in [1.82, 2.24) is 0 Å². The molecule has 0 saturated carbocycles. The van der Waals surface area contributed by atoms with Crippen LogP contribution in [-0.4, -0.2) is 19.4 Å². The van der Waals surface area contributed by atoms with E-state index >= 15 is 0 Å². The minimum atomic E-state index is -0.0152. The number of hydrazone groups is 1. The average molecular weight is 374 g/mol. The van der Waals surface area contributed by atoms with Crippen LogP contribution in [0.2, 0.25) is 0 Å². The van der Waals surface area contributed by atoms with Crippen molar-refractivity contribution in [2.45, 2.75) is 6.92 Å². The molecule has 0 aliphatic rings. The first kappa shape index (κ1) is 16.8. The van der Waals surface area contributed by atoms with Gasteiger partial charge >= 0.3 is 0 Å². The maximum Gasteiger partial charge on any atom is 0.174 e. The SMILES string of the molecule is CCOc1cc(/C=N\Nc2ccc(Br)cc2)ccc1OCC#N. The van der Waals surface area contributed by atoms with E-state index in [9.17, 15) is 0 Å². The highest BCUT2D eigenvalue weighted by molar-refractivity contribution is 9.10. The molecule has 0 unspecified atom stereocenters. The maximum absolute atomic E-state index is 8.60. The van der Waals surface area contributed by atoms with E-state index in [0.717, 1.165) is 15.7 Å². The molecule has 0 aliphatic carbocycles. The van der Waals surface area contributed by atoms with E-state index < -0.39 is 0 Å². The lowest BCUT2D eigenvalue weighted by atomic mass is 10.2. The van der Waals surface area contributed by atoms with Gasteiger partial charge in [0.2, 0.25) is 0 Å². The Kier molecular flexibility index (Phi) is 6.45. The summed E-state index contributed by atoms with van der Waals surface area (Å²) in [6.45, 7) is 2.39. The summed E-state index contributed by atoms with van der Waals surface area (Å²) in [4.78, 5) is 0. The maximum atomic E-state index is 8.60. The summed E-state index contributed by atoms with van der Waals surface area (Å²) < 4.78 is 11.9. The van der Waals surface area contributed by atoms with Gasteiger partial charge in [0.05, 0.1) is 18.5 Å². The Morgan fingerprint density at radius 2 is 1.96 bits per heavy atom. The monoisotopic (exact) mass is 373 g/mol. The van der Waals surface area contributed by atoms with Gasteiger partial charge in [-0.3, -0.25) is 5.43 Å². The van der Waals surface area contributed by atoms with Crippen LogP contribution >= 0.6 is 15.9 Å². The highest BCUT2D eigenvalue weighted by atomic mass is 79.9.